The molecular weight excluding hydrogens is 470 g/mol. The maximum Gasteiger partial charge on any atom is 0.224 e. The minimum Gasteiger partial charge on any atom is -0.368 e. The minimum absolute atomic E-state index is 0.112. The van der Waals surface area contributed by atoms with E-state index in [0.717, 1.165) is 56.8 Å². The van der Waals surface area contributed by atoms with E-state index in [1.54, 1.807) is 0 Å². The normalized spacial score (nSPS) is 15.0. The Hall–Kier alpha value is -2.04. The van der Waals surface area contributed by atoms with Crippen molar-refractivity contribution in [1.29, 1.82) is 0 Å². The van der Waals surface area contributed by atoms with Crippen molar-refractivity contribution in [3.8, 4) is 0 Å². The van der Waals surface area contributed by atoms with Crippen molar-refractivity contribution in [2.24, 2.45) is 11.3 Å². The first kappa shape index (κ1) is 32.2. The molecule has 0 aromatic heterocycles. The molecule has 5 heteroatoms. The maximum absolute atomic E-state index is 12.7. The van der Waals surface area contributed by atoms with Gasteiger partial charge in [-0.1, -0.05) is 98.8 Å². The zero-order valence-corrected chi connectivity index (χ0v) is 25.3. The number of amides is 2. The Morgan fingerprint density at radius 1 is 0.816 bits per heavy atom. The number of carbonyl (C=O) groups excluding carboxylic acids is 2. The molecule has 1 aromatic carbocycles. The number of hydrogen-bond acceptors (Lipinski definition) is 3. The van der Waals surface area contributed by atoms with Crippen molar-refractivity contribution in [3.63, 3.8) is 0 Å². The number of piperazine rings is 1. The van der Waals surface area contributed by atoms with Crippen LogP contribution in [0.25, 0.3) is 0 Å². The predicted octanol–water partition coefficient (Wildman–Crippen LogP) is 8.44. The van der Waals surface area contributed by atoms with Gasteiger partial charge >= 0.3 is 0 Å². The number of carbonyl (C=O) groups is 2. The number of hydrogen-bond donors (Lipinski definition) is 1. The van der Waals surface area contributed by atoms with Gasteiger partial charge < -0.3 is 15.1 Å². The third-order valence-corrected chi connectivity index (χ3v) is 7.64. The monoisotopic (exact) mass is 527 g/mol. The highest BCUT2D eigenvalue weighted by molar-refractivity contribution is 5.90. The van der Waals surface area contributed by atoms with Gasteiger partial charge in [0.1, 0.15) is 0 Å². The third kappa shape index (κ3) is 13.7. The molecule has 2 amide bonds. The molecule has 2 rings (SSSR count). The second-order valence-electron chi connectivity index (χ2n) is 12.8. The van der Waals surface area contributed by atoms with E-state index in [4.69, 9.17) is 0 Å². The lowest BCUT2D eigenvalue weighted by atomic mass is 9.84. The number of nitrogens with one attached hydrogen (secondary N) is 1. The summed E-state index contributed by atoms with van der Waals surface area (Å²) in [7, 11) is 0. The van der Waals surface area contributed by atoms with Gasteiger partial charge in [0.05, 0.1) is 0 Å². The van der Waals surface area contributed by atoms with Gasteiger partial charge in [-0.2, -0.15) is 0 Å². The summed E-state index contributed by atoms with van der Waals surface area (Å²) < 4.78 is 0. The minimum atomic E-state index is 0.112. The molecule has 216 valence electrons. The van der Waals surface area contributed by atoms with E-state index in [-0.39, 0.29) is 17.2 Å². The Morgan fingerprint density at radius 2 is 1.34 bits per heavy atom. The second-order valence-corrected chi connectivity index (χ2v) is 12.8. The fourth-order valence-electron chi connectivity index (χ4n) is 5.69. The lowest BCUT2D eigenvalue weighted by molar-refractivity contribution is -0.132. The lowest BCUT2D eigenvalue weighted by Crippen LogP contribution is -2.49. The van der Waals surface area contributed by atoms with E-state index in [2.05, 4.69) is 57.0 Å². The van der Waals surface area contributed by atoms with Crippen LogP contribution in [0, 0.1) is 11.3 Å². The zero-order chi connectivity index (χ0) is 27.8. The lowest BCUT2D eigenvalue weighted by Gasteiger charge is -2.37. The molecule has 1 atom stereocenters. The fraction of sp³-hybridized carbons (Fsp3) is 0.758. The summed E-state index contributed by atoms with van der Waals surface area (Å²) in [4.78, 5) is 29.5. The van der Waals surface area contributed by atoms with Crippen LogP contribution in [0.3, 0.4) is 0 Å². The van der Waals surface area contributed by atoms with Crippen LogP contribution >= 0.6 is 0 Å². The van der Waals surface area contributed by atoms with Crippen LogP contribution in [0.15, 0.2) is 24.3 Å². The van der Waals surface area contributed by atoms with Crippen LogP contribution in [0.4, 0.5) is 11.4 Å². The first-order valence-corrected chi connectivity index (χ1v) is 15.6. The quantitative estimate of drug-likeness (QED) is 0.207. The fourth-order valence-corrected chi connectivity index (χ4v) is 5.69. The van der Waals surface area contributed by atoms with E-state index in [1.165, 1.54) is 57.8 Å². The van der Waals surface area contributed by atoms with Gasteiger partial charge in [-0.25, -0.2) is 0 Å². The van der Waals surface area contributed by atoms with Crippen molar-refractivity contribution >= 4 is 23.2 Å². The summed E-state index contributed by atoms with van der Waals surface area (Å²) in [5.41, 5.74) is 2.28. The molecule has 1 N–H and O–H groups in total. The molecule has 1 heterocycles. The number of anilines is 2. The third-order valence-electron chi connectivity index (χ3n) is 7.64. The molecule has 1 saturated heterocycles. The predicted molar refractivity (Wildman–Crippen MR) is 163 cm³/mol. The van der Waals surface area contributed by atoms with Gasteiger partial charge in [-0.05, 0) is 48.4 Å². The van der Waals surface area contributed by atoms with E-state index in [9.17, 15) is 9.59 Å². The summed E-state index contributed by atoms with van der Waals surface area (Å²) in [6.45, 7) is 14.4. The van der Waals surface area contributed by atoms with Crippen molar-refractivity contribution in [3.05, 3.63) is 24.3 Å². The van der Waals surface area contributed by atoms with Crippen LogP contribution in [0.5, 0.6) is 0 Å². The number of unbranched alkanes of at least 4 members (excludes halogenated alkanes) is 10. The molecular formula is C33H57N3O2. The molecule has 0 radical (unpaired) electrons. The van der Waals surface area contributed by atoms with Gasteiger partial charge in [-0.15, -0.1) is 0 Å². The Morgan fingerprint density at radius 3 is 1.87 bits per heavy atom. The van der Waals surface area contributed by atoms with E-state index >= 15 is 0 Å². The van der Waals surface area contributed by atoms with Gasteiger partial charge in [0, 0.05) is 50.4 Å². The molecule has 1 aromatic rings. The van der Waals surface area contributed by atoms with E-state index in [0.29, 0.717) is 18.8 Å². The highest BCUT2D eigenvalue weighted by atomic mass is 16.2. The van der Waals surface area contributed by atoms with Crippen LogP contribution in [0.2, 0.25) is 0 Å². The van der Waals surface area contributed by atoms with Crippen molar-refractivity contribution in [2.75, 3.05) is 36.4 Å². The van der Waals surface area contributed by atoms with Gasteiger partial charge in [0.15, 0.2) is 0 Å². The first-order valence-electron chi connectivity index (χ1n) is 15.6. The van der Waals surface area contributed by atoms with Crippen molar-refractivity contribution in [1.82, 2.24) is 4.90 Å². The Bertz CT molecular complexity index is 791. The average Bonchev–Trinajstić information content (AvgIpc) is 2.86. The number of nitrogens with zero attached hydrogens (tertiary/aromatic N) is 2. The maximum atomic E-state index is 12.7. The standard InChI is InChI=1S/C33H57N3O2/c1-6-7-8-9-10-11-12-13-14-15-16-17-31(37)34-29-18-20-30(21-19-29)35-22-24-36(25-23-35)32(38)26-28(2)27-33(3,4)5/h18-21,28H,6-17,22-27H2,1-5H3,(H,34,37)/t28-/m0/s1. The van der Waals surface area contributed by atoms with E-state index < -0.39 is 0 Å². The largest absolute Gasteiger partial charge is 0.368 e. The highest BCUT2D eigenvalue weighted by Gasteiger charge is 2.24. The summed E-state index contributed by atoms with van der Waals surface area (Å²) >= 11 is 0. The van der Waals surface area contributed by atoms with E-state index in [1.807, 2.05) is 17.0 Å². The molecule has 38 heavy (non-hydrogen) atoms. The topological polar surface area (TPSA) is 52.7 Å². The summed E-state index contributed by atoms with van der Waals surface area (Å²) in [5.74, 6) is 0.817. The Kier molecular flexibility index (Phi) is 14.8. The molecule has 0 spiro atoms. The molecule has 0 unspecified atom stereocenters. The van der Waals surface area contributed by atoms with Crippen LogP contribution in [-0.4, -0.2) is 42.9 Å². The molecule has 5 nitrogen and oxygen atoms in total. The Labute approximate surface area is 234 Å². The van der Waals surface area contributed by atoms with Gasteiger partial charge in [0.2, 0.25) is 11.8 Å². The van der Waals surface area contributed by atoms with Crippen molar-refractivity contribution in [2.45, 2.75) is 125 Å². The molecule has 1 aliphatic heterocycles. The Balaban J connectivity index is 1.59. The van der Waals surface area contributed by atoms with Crippen LogP contribution in [0.1, 0.15) is 125 Å². The number of benzene rings is 1. The van der Waals surface area contributed by atoms with Crippen molar-refractivity contribution < 1.29 is 9.59 Å². The SMILES string of the molecule is CCCCCCCCCCCCCC(=O)Nc1ccc(N2CCN(C(=O)C[C@H](C)CC(C)(C)C)CC2)cc1. The zero-order valence-electron chi connectivity index (χ0n) is 25.3. The summed E-state index contributed by atoms with van der Waals surface area (Å²) in [6, 6.07) is 8.17. The average molecular weight is 528 g/mol. The van der Waals surface area contributed by atoms with Gasteiger partial charge in [-0.3, -0.25) is 9.59 Å². The molecule has 1 aliphatic rings. The summed E-state index contributed by atoms with van der Waals surface area (Å²) in [6.07, 6.45) is 16.5. The van der Waals surface area contributed by atoms with Crippen LogP contribution < -0.4 is 10.2 Å². The van der Waals surface area contributed by atoms with Crippen LogP contribution in [-0.2, 0) is 9.59 Å². The second kappa shape index (κ2) is 17.5. The highest BCUT2D eigenvalue weighted by Crippen LogP contribution is 2.27. The van der Waals surface area contributed by atoms with Gasteiger partial charge in [0.25, 0.3) is 0 Å². The summed E-state index contributed by atoms with van der Waals surface area (Å²) in [5, 5.41) is 3.05. The first-order chi connectivity index (χ1) is 18.2. The molecule has 0 aliphatic carbocycles. The smallest absolute Gasteiger partial charge is 0.224 e. The number of rotatable bonds is 17. The molecule has 0 bridgehead atoms. The molecule has 0 saturated carbocycles. The molecule has 1 fully saturated rings.